The molecule has 0 bridgehead atoms. The Morgan fingerprint density at radius 3 is 2.70 bits per heavy atom. The topological polar surface area (TPSA) is 67.2 Å². The molecule has 2 heterocycles. The molecule has 3 aromatic rings. The van der Waals surface area contributed by atoms with Gasteiger partial charge < -0.3 is 14.8 Å². The Morgan fingerprint density at radius 2 is 1.97 bits per heavy atom. The fourth-order valence-electron chi connectivity index (χ4n) is 3.65. The van der Waals surface area contributed by atoms with Crippen molar-refractivity contribution < 1.29 is 9.59 Å². The molecule has 0 unspecified atom stereocenters. The number of carbonyl (C=O) groups is 2. The number of carbonyl (C=O) groups excluding carboxylic acids is 2. The average Bonchev–Trinajstić information content (AvgIpc) is 3.43. The lowest BCUT2D eigenvalue weighted by molar-refractivity contribution is 0.0738. The monoisotopic (exact) mass is 466 g/mol. The maximum absolute atomic E-state index is 13.2. The minimum Gasteiger partial charge on any atom is -0.351 e. The highest BCUT2D eigenvalue weighted by Gasteiger charge is 2.19. The van der Waals surface area contributed by atoms with Gasteiger partial charge in [0.05, 0.1) is 13.1 Å². The molecule has 0 spiro atoms. The Hall–Kier alpha value is -2.93. The molecular weight excluding hydrogens is 432 g/mol. The van der Waals surface area contributed by atoms with Gasteiger partial charge in [-0.25, -0.2) is 4.98 Å². The zero-order valence-electron chi connectivity index (χ0n) is 20.0. The maximum atomic E-state index is 13.2. The van der Waals surface area contributed by atoms with Crippen LogP contribution >= 0.6 is 11.3 Å². The van der Waals surface area contributed by atoms with E-state index in [1.807, 2.05) is 59.8 Å². The van der Waals surface area contributed by atoms with E-state index >= 15 is 0 Å². The Bertz CT molecular complexity index is 1070. The highest BCUT2D eigenvalue weighted by Crippen LogP contribution is 2.17. The summed E-state index contributed by atoms with van der Waals surface area (Å²) >= 11 is 1.49. The highest BCUT2D eigenvalue weighted by molar-refractivity contribution is 7.09. The third-order valence-electron chi connectivity index (χ3n) is 5.53. The van der Waals surface area contributed by atoms with E-state index in [1.165, 1.54) is 11.3 Å². The predicted molar refractivity (Wildman–Crippen MR) is 134 cm³/mol. The first-order valence-corrected chi connectivity index (χ1v) is 12.5. The molecular formula is C26H34N4O2S. The first-order valence-electron chi connectivity index (χ1n) is 11.6. The SMILES string of the molecule is CCCN(Cc1cccn1Cc1nc(C(=O)NCCC(C)C)cs1)C(=O)c1ccccc1C. The van der Waals surface area contributed by atoms with Gasteiger partial charge in [0.1, 0.15) is 10.7 Å². The van der Waals surface area contributed by atoms with E-state index in [0.29, 0.717) is 37.8 Å². The largest absolute Gasteiger partial charge is 0.351 e. The number of nitrogens with one attached hydrogen (secondary N) is 1. The minimum atomic E-state index is -0.121. The third-order valence-corrected chi connectivity index (χ3v) is 6.36. The van der Waals surface area contributed by atoms with Crippen LogP contribution in [0, 0.1) is 12.8 Å². The van der Waals surface area contributed by atoms with Gasteiger partial charge in [-0.1, -0.05) is 39.0 Å². The summed E-state index contributed by atoms with van der Waals surface area (Å²) in [6.07, 6.45) is 3.84. The van der Waals surface area contributed by atoms with Gasteiger partial charge in [-0.3, -0.25) is 9.59 Å². The van der Waals surface area contributed by atoms with Gasteiger partial charge >= 0.3 is 0 Å². The van der Waals surface area contributed by atoms with Crippen molar-refractivity contribution in [2.24, 2.45) is 5.92 Å². The Labute approximate surface area is 200 Å². The normalized spacial score (nSPS) is 11.1. The fourth-order valence-corrected chi connectivity index (χ4v) is 4.42. The number of aromatic nitrogens is 2. The van der Waals surface area contributed by atoms with Gasteiger partial charge in [0.2, 0.25) is 0 Å². The molecule has 0 fully saturated rings. The van der Waals surface area contributed by atoms with E-state index < -0.39 is 0 Å². The minimum absolute atomic E-state index is 0.0531. The lowest BCUT2D eigenvalue weighted by atomic mass is 10.1. The van der Waals surface area contributed by atoms with Crippen molar-refractivity contribution in [3.05, 3.63) is 75.5 Å². The second-order valence-electron chi connectivity index (χ2n) is 8.73. The standard InChI is InChI=1S/C26H34N4O2S/c1-5-14-30(26(32)22-11-7-6-9-20(22)4)16-21-10-8-15-29(21)17-24-28-23(18-33-24)25(31)27-13-12-19(2)3/h6-11,15,18-19H,5,12-14,16-17H2,1-4H3,(H,27,31). The highest BCUT2D eigenvalue weighted by atomic mass is 32.1. The van der Waals surface area contributed by atoms with Crippen LogP contribution in [0.3, 0.4) is 0 Å². The molecule has 0 saturated carbocycles. The summed E-state index contributed by atoms with van der Waals surface area (Å²) in [5.41, 5.74) is 3.25. The molecule has 3 rings (SSSR count). The Kier molecular flexibility index (Phi) is 8.83. The molecule has 33 heavy (non-hydrogen) atoms. The van der Waals surface area contributed by atoms with Gasteiger partial charge in [-0.05, 0) is 49.4 Å². The Balaban J connectivity index is 1.68. The summed E-state index contributed by atoms with van der Waals surface area (Å²) in [4.78, 5) is 32.0. The van der Waals surface area contributed by atoms with Crippen LogP contribution < -0.4 is 5.32 Å². The van der Waals surface area contributed by atoms with Gasteiger partial charge in [-0.15, -0.1) is 11.3 Å². The van der Waals surface area contributed by atoms with Crippen molar-refractivity contribution in [3.8, 4) is 0 Å². The molecule has 0 atom stereocenters. The summed E-state index contributed by atoms with van der Waals surface area (Å²) in [6.45, 7) is 10.8. The van der Waals surface area contributed by atoms with E-state index in [0.717, 1.165) is 34.7 Å². The third kappa shape index (κ3) is 6.78. The fraction of sp³-hybridized carbons (Fsp3) is 0.423. The molecule has 0 radical (unpaired) electrons. The Morgan fingerprint density at radius 1 is 1.18 bits per heavy atom. The van der Waals surface area contributed by atoms with Crippen LogP contribution in [0.4, 0.5) is 0 Å². The van der Waals surface area contributed by atoms with Crippen LogP contribution in [0.5, 0.6) is 0 Å². The second-order valence-corrected chi connectivity index (χ2v) is 9.68. The van der Waals surface area contributed by atoms with Crippen molar-refractivity contribution in [2.45, 2.75) is 53.6 Å². The quantitative estimate of drug-likeness (QED) is 0.426. The lowest BCUT2D eigenvalue weighted by Gasteiger charge is -2.24. The van der Waals surface area contributed by atoms with E-state index in [4.69, 9.17) is 0 Å². The maximum Gasteiger partial charge on any atom is 0.270 e. The summed E-state index contributed by atoms with van der Waals surface area (Å²) in [6, 6.07) is 11.8. The van der Waals surface area contributed by atoms with E-state index in [-0.39, 0.29) is 11.8 Å². The van der Waals surface area contributed by atoms with Crippen LogP contribution in [0.15, 0.2) is 48.0 Å². The van der Waals surface area contributed by atoms with Crippen molar-refractivity contribution in [3.63, 3.8) is 0 Å². The van der Waals surface area contributed by atoms with Gasteiger partial charge in [-0.2, -0.15) is 0 Å². The molecule has 6 nitrogen and oxygen atoms in total. The van der Waals surface area contributed by atoms with Crippen molar-refractivity contribution in [1.29, 1.82) is 0 Å². The van der Waals surface area contributed by atoms with Gasteiger partial charge in [0.25, 0.3) is 11.8 Å². The predicted octanol–water partition coefficient (Wildman–Crippen LogP) is 5.13. The van der Waals surface area contributed by atoms with Crippen LogP contribution in [-0.4, -0.2) is 39.4 Å². The number of benzene rings is 1. The van der Waals surface area contributed by atoms with Gasteiger partial charge in [0, 0.05) is 35.9 Å². The van der Waals surface area contributed by atoms with Gasteiger partial charge in [0.15, 0.2) is 0 Å². The first kappa shape index (κ1) is 24.7. The van der Waals surface area contributed by atoms with E-state index in [9.17, 15) is 9.59 Å². The molecule has 0 aliphatic heterocycles. The van der Waals surface area contributed by atoms with E-state index in [1.54, 1.807) is 0 Å². The molecule has 1 N–H and O–H groups in total. The van der Waals surface area contributed by atoms with Crippen molar-refractivity contribution in [2.75, 3.05) is 13.1 Å². The van der Waals surface area contributed by atoms with Crippen LogP contribution in [0.1, 0.15) is 70.7 Å². The van der Waals surface area contributed by atoms with Crippen molar-refractivity contribution >= 4 is 23.2 Å². The zero-order valence-corrected chi connectivity index (χ0v) is 20.8. The second kappa shape index (κ2) is 11.8. The molecule has 0 aliphatic carbocycles. The number of thiazole rings is 1. The number of rotatable bonds is 11. The number of hydrogen-bond acceptors (Lipinski definition) is 4. The molecule has 1 aromatic carbocycles. The molecule has 176 valence electrons. The number of amides is 2. The molecule has 2 aromatic heterocycles. The summed E-state index contributed by atoms with van der Waals surface area (Å²) in [7, 11) is 0. The lowest BCUT2D eigenvalue weighted by Crippen LogP contribution is -2.32. The smallest absolute Gasteiger partial charge is 0.270 e. The summed E-state index contributed by atoms with van der Waals surface area (Å²) in [5.74, 6) is 0.481. The number of hydrogen-bond donors (Lipinski definition) is 1. The number of aryl methyl sites for hydroxylation is 1. The van der Waals surface area contributed by atoms with Crippen LogP contribution in [-0.2, 0) is 13.1 Å². The first-order chi connectivity index (χ1) is 15.9. The zero-order chi connectivity index (χ0) is 23.8. The molecule has 2 amide bonds. The van der Waals surface area contributed by atoms with Crippen LogP contribution in [0.25, 0.3) is 0 Å². The average molecular weight is 467 g/mol. The number of nitrogens with zero attached hydrogens (tertiary/aromatic N) is 3. The van der Waals surface area contributed by atoms with Crippen molar-refractivity contribution in [1.82, 2.24) is 19.8 Å². The summed E-state index contributed by atoms with van der Waals surface area (Å²) in [5, 5.41) is 5.62. The van der Waals surface area contributed by atoms with Crippen LogP contribution in [0.2, 0.25) is 0 Å². The molecule has 7 heteroatoms. The summed E-state index contributed by atoms with van der Waals surface area (Å²) < 4.78 is 2.10. The van der Waals surface area contributed by atoms with E-state index in [2.05, 4.69) is 35.6 Å². The molecule has 0 aliphatic rings. The molecule has 0 saturated heterocycles.